The van der Waals surface area contributed by atoms with Crippen molar-refractivity contribution in [3.8, 4) is 0 Å². The summed E-state index contributed by atoms with van der Waals surface area (Å²) >= 11 is 0. The third-order valence-electron chi connectivity index (χ3n) is 10.9. The lowest BCUT2D eigenvalue weighted by atomic mass is 9.88. The van der Waals surface area contributed by atoms with Gasteiger partial charge < -0.3 is 0 Å². The molecular weight excluding hydrogens is 749 g/mol. The molecule has 0 aromatic carbocycles. The molecule has 0 spiro atoms. The number of nitrogens with zero attached hydrogens (tertiary/aromatic N) is 8. The summed E-state index contributed by atoms with van der Waals surface area (Å²) in [5.74, 6) is 0.533. The van der Waals surface area contributed by atoms with Crippen LogP contribution >= 0.6 is 0 Å². The minimum Gasteiger partial charge on any atom is -0.272 e. The highest BCUT2D eigenvalue weighted by molar-refractivity contribution is 5.25. The first-order valence-electron chi connectivity index (χ1n) is 23.5. The molecule has 0 bridgehead atoms. The van der Waals surface area contributed by atoms with E-state index in [9.17, 15) is 0 Å². The van der Waals surface area contributed by atoms with Crippen molar-refractivity contribution in [3.63, 3.8) is 0 Å². The predicted molar refractivity (Wildman–Crippen MR) is 264 cm³/mol. The van der Waals surface area contributed by atoms with Gasteiger partial charge in [-0.1, -0.05) is 166 Å². The minimum absolute atomic E-state index is 0.125. The average molecular weight is 845 g/mol. The molecule has 8 nitrogen and oxygen atoms in total. The van der Waals surface area contributed by atoms with Crippen LogP contribution in [0.5, 0.6) is 0 Å². The second-order valence-corrected chi connectivity index (χ2v) is 25.7. The zero-order chi connectivity index (χ0) is 47.6. The van der Waals surface area contributed by atoms with E-state index in [-0.39, 0.29) is 37.9 Å². The van der Waals surface area contributed by atoms with Crippen LogP contribution in [-0.4, -0.2) is 39.1 Å². The molecule has 61 heavy (non-hydrogen) atoms. The summed E-state index contributed by atoms with van der Waals surface area (Å²) in [5.41, 5.74) is 11.3. The maximum Gasteiger partial charge on any atom is 0.0681 e. The molecule has 8 heteroatoms. The molecule has 0 unspecified atom stereocenters. The second-order valence-electron chi connectivity index (χ2n) is 25.7. The van der Waals surface area contributed by atoms with E-state index in [0.29, 0.717) is 18.0 Å². The molecule has 4 aromatic rings. The van der Waals surface area contributed by atoms with Crippen molar-refractivity contribution in [1.82, 2.24) is 39.1 Å². The van der Waals surface area contributed by atoms with Gasteiger partial charge in [-0.2, -0.15) is 20.4 Å². The summed E-state index contributed by atoms with van der Waals surface area (Å²) < 4.78 is 8.62. The van der Waals surface area contributed by atoms with Crippen LogP contribution in [0.15, 0.2) is 24.3 Å². The van der Waals surface area contributed by atoms with Crippen molar-refractivity contribution in [2.45, 2.75) is 262 Å². The Bertz CT molecular complexity index is 1950. The summed E-state index contributed by atoms with van der Waals surface area (Å²) in [6.07, 6.45) is 3.75. The smallest absolute Gasteiger partial charge is 0.0681 e. The SMILES string of the molecule is CC(C)c1cc(C(C)(C)C)n(C2CC2)n1.CC(C)n1nc(C(C)(C)C)cc1C(C)(C)C.CCCn1nc(C(C)(C)C)cc1C(C)(C)C.Cn1nc(C(C)(C)C)cc1C(C)(C)C. The molecule has 0 aliphatic heterocycles. The average Bonchev–Trinajstić information content (AvgIpc) is 3.45. The minimum atomic E-state index is 0.125. The van der Waals surface area contributed by atoms with Crippen LogP contribution in [0.2, 0.25) is 0 Å². The first-order chi connectivity index (χ1) is 27.2. The van der Waals surface area contributed by atoms with Crippen molar-refractivity contribution < 1.29 is 0 Å². The van der Waals surface area contributed by atoms with Crippen LogP contribution in [-0.2, 0) is 51.5 Å². The predicted octanol–water partition coefficient (Wildman–Crippen LogP) is 14.6. The van der Waals surface area contributed by atoms with Gasteiger partial charge in [0.2, 0.25) is 0 Å². The highest BCUT2D eigenvalue weighted by Crippen LogP contribution is 2.39. The van der Waals surface area contributed by atoms with E-state index in [1.54, 1.807) is 0 Å². The molecule has 0 saturated heterocycles. The van der Waals surface area contributed by atoms with E-state index in [4.69, 9.17) is 15.3 Å². The van der Waals surface area contributed by atoms with Gasteiger partial charge in [-0.25, -0.2) is 0 Å². The molecule has 0 amide bonds. The number of aryl methyl sites for hydroxylation is 2. The van der Waals surface area contributed by atoms with Gasteiger partial charge >= 0.3 is 0 Å². The standard InChI is InChI=1S/2C14H26N2.C13H22N2.C12H22N2/c1-10(2)16-12(14(6,7)8)9-11(15-16)13(3,4)5;1-8-9-16-12(14(5,6)7)10-11(15-16)13(2,3)4;1-9(2)11-8-12(13(3,4)5)15(14-11)10-6-7-10;1-11(2,3)9-8-10(12(4,5)6)14(7)13-9/h9-10H,1-8H3;10H,8-9H2,1-7H3;8-10H,6-7H2,1-5H3;8H,1-7H3. The van der Waals surface area contributed by atoms with Gasteiger partial charge in [0, 0.05) is 80.3 Å². The highest BCUT2D eigenvalue weighted by atomic mass is 15.3. The Morgan fingerprint density at radius 1 is 0.492 bits per heavy atom. The van der Waals surface area contributed by atoms with Gasteiger partial charge in [0.1, 0.15) is 0 Å². The molecule has 1 fully saturated rings. The fourth-order valence-corrected chi connectivity index (χ4v) is 6.87. The molecule has 4 heterocycles. The van der Waals surface area contributed by atoms with Gasteiger partial charge in [0.25, 0.3) is 0 Å². The van der Waals surface area contributed by atoms with Gasteiger partial charge in [0.15, 0.2) is 0 Å². The van der Waals surface area contributed by atoms with Gasteiger partial charge in [-0.15, -0.1) is 0 Å². The van der Waals surface area contributed by atoms with E-state index in [2.05, 4.69) is 223 Å². The largest absolute Gasteiger partial charge is 0.272 e. The van der Waals surface area contributed by atoms with Crippen LogP contribution in [0.1, 0.15) is 263 Å². The quantitative estimate of drug-likeness (QED) is 0.201. The molecule has 348 valence electrons. The van der Waals surface area contributed by atoms with E-state index in [1.165, 1.54) is 58.4 Å². The van der Waals surface area contributed by atoms with E-state index in [1.807, 2.05) is 11.7 Å². The number of rotatable bonds is 5. The van der Waals surface area contributed by atoms with E-state index >= 15 is 0 Å². The lowest BCUT2D eigenvalue weighted by molar-refractivity contribution is 0.437. The van der Waals surface area contributed by atoms with Crippen LogP contribution < -0.4 is 0 Å². The second kappa shape index (κ2) is 19.3. The van der Waals surface area contributed by atoms with Crippen LogP contribution in [0.4, 0.5) is 0 Å². The molecule has 0 radical (unpaired) electrons. The van der Waals surface area contributed by atoms with Crippen LogP contribution in [0.25, 0.3) is 0 Å². The monoisotopic (exact) mass is 845 g/mol. The highest BCUT2D eigenvalue weighted by Gasteiger charge is 2.32. The van der Waals surface area contributed by atoms with Crippen molar-refractivity contribution in [3.05, 3.63) is 69.8 Å². The lowest BCUT2D eigenvalue weighted by Gasteiger charge is -2.22. The van der Waals surface area contributed by atoms with Crippen molar-refractivity contribution in [1.29, 1.82) is 0 Å². The third kappa shape index (κ3) is 15.6. The number of hydrogen-bond donors (Lipinski definition) is 0. The van der Waals surface area contributed by atoms with Crippen LogP contribution in [0.3, 0.4) is 0 Å². The number of hydrogen-bond acceptors (Lipinski definition) is 4. The summed E-state index contributed by atoms with van der Waals surface area (Å²) in [6.45, 7) is 58.9. The van der Waals surface area contributed by atoms with Crippen molar-refractivity contribution in [2.75, 3.05) is 0 Å². The topological polar surface area (TPSA) is 71.3 Å². The third-order valence-corrected chi connectivity index (χ3v) is 10.9. The molecular formula is C53H96N8. The first-order valence-corrected chi connectivity index (χ1v) is 23.5. The fourth-order valence-electron chi connectivity index (χ4n) is 6.87. The summed E-state index contributed by atoms with van der Waals surface area (Å²) in [4.78, 5) is 0. The zero-order valence-electron chi connectivity index (χ0n) is 44.9. The Hall–Kier alpha value is -3.16. The molecule has 1 aliphatic rings. The van der Waals surface area contributed by atoms with E-state index in [0.717, 1.165) is 13.0 Å². The Morgan fingerprint density at radius 2 is 0.885 bits per heavy atom. The lowest BCUT2D eigenvalue weighted by Crippen LogP contribution is -2.19. The normalized spacial score (nSPS) is 14.4. The summed E-state index contributed by atoms with van der Waals surface area (Å²) in [7, 11) is 2.02. The Kier molecular flexibility index (Phi) is 17.1. The van der Waals surface area contributed by atoms with Gasteiger partial charge in [-0.3, -0.25) is 18.7 Å². The van der Waals surface area contributed by atoms with Crippen molar-refractivity contribution in [2.24, 2.45) is 7.05 Å². The molecule has 4 aromatic heterocycles. The van der Waals surface area contributed by atoms with Gasteiger partial charge in [0.05, 0.1) is 28.8 Å². The Morgan fingerprint density at radius 3 is 1.20 bits per heavy atom. The van der Waals surface area contributed by atoms with Gasteiger partial charge in [-0.05, 0) is 63.3 Å². The Balaban J connectivity index is 0.000000280. The summed E-state index contributed by atoms with van der Waals surface area (Å²) in [5, 5.41) is 18.8. The molecule has 1 aliphatic carbocycles. The van der Waals surface area contributed by atoms with Crippen molar-refractivity contribution >= 4 is 0 Å². The first kappa shape index (κ1) is 54.0. The zero-order valence-corrected chi connectivity index (χ0v) is 44.9. The maximum atomic E-state index is 4.76. The molecule has 0 N–H and O–H groups in total. The maximum absolute atomic E-state index is 4.76. The summed E-state index contributed by atoms with van der Waals surface area (Å²) in [6, 6.07) is 10.2. The molecule has 5 rings (SSSR count). The Labute approximate surface area is 376 Å². The fraction of sp³-hybridized carbons (Fsp3) is 0.774. The van der Waals surface area contributed by atoms with Crippen LogP contribution in [0, 0.1) is 0 Å². The number of aromatic nitrogens is 8. The molecule has 1 saturated carbocycles. The van der Waals surface area contributed by atoms with E-state index < -0.39 is 0 Å². The molecule has 0 atom stereocenters.